The Kier molecular flexibility index (Phi) is 4.47. The van der Waals surface area contributed by atoms with E-state index in [0.29, 0.717) is 18.1 Å². The first-order chi connectivity index (χ1) is 11.1. The van der Waals surface area contributed by atoms with Gasteiger partial charge in [-0.1, -0.05) is 12.1 Å². The highest BCUT2D eigenvalue weighted by atomic mass is 79.9. The first-order valence-corrected chi connectivity index (χ1v) is 7.77. The molecule has 0 atom stereocenters. The molecule has 1 N–H and O–H groups in total. The third-order valence-electron chi connectivity index (χ3n) is 3.18. The molecule has 0 radical (unpaired) electrons. The molecule has 1 amide bonds. The fraction of sp³-hybridized carbons (Fsp3) is 0.125. The zero-order valence-corrected chi connectivity index (χ0v) is 14.0. The zero-order chi connectivity index (χ0) is 16.2. The lowest BCUT2D eigenvalue weighted by molar-refractivity contribution is 0.102. The van der Waals surface area contributed by atoms with Crippen LogP contribution in [0.5, 0.6) is 0 Å². The Morgan fingerprint density at radius 3 is 2.70 bits per heavy atom. The Morgan fingerprint density at radius 1 is 1.26 bits per heavy atom. The normalized spacial score (nSPS) is 10.5. The lowest BCUT2D eigenvalue weighted by Crippen LogP contribution is -2.14. The maximum atomic E-state index is 12.2. The van der Waals surface area contributed by atoms with Crippen LogP contribution in [0.4, 0.5) is 5.95 Å². The van der Waals surface area contributed by atoms with E-state index in [-0.39, 0.29) is 5.91 Å². The van der Waals surface area contributed by atoms with Gasteiger partial charge in [0.1, 0.15) is 0 Å². The highest BCUT2D eigenvalue weighted by Gasteiger charge is 2.08. The van der Waals surface area contributed by atoms with Crippen LogP contribution in [0.2, 0.25) is 0 Å². The van der Waals surface area contributed by atoms with Crippen LogP contribution in [0.3, 0.4) is 0 Å². The minimum absolute atomic E-state index is 0.232. The smallest absolute Gasteiger partial charge is 0.258 e. The summed E-state index contributed by atoms with van der Waals surface area (Å²) in [5.41, 5.74) is 2.42. The number of halogens is 1. The Balaban J connectivity index is 1.67. The highest BCUT2D eigenvalue weighted by Crippen LogP contribution is 2.11. The van der Waals surface area contributed by atoms with Gasteiger partial charge in [0.15, 0.2) is 0 Å². The summed E-state index contributed by atoms with van der Waals surface area (Å²) in [4.78, 5) is 20.4. The van der Waals surface area contributed by atoms with Crippen molar-refractivity contribution in [1.29, 1.82) is 0 Å². The van der Waals surface area contributed by atoms with Gasteiger partial charge >= 0.3 is 0 Å². The number of aromatic nitrogens is 4. The van der Waals surface area contributed by atoms with Crippen LogP contribution >= 0.6 is 15.9 Å². The number of anilines is 1. The Hall–Kier alpha value is -2.54. The second-order valence-electron chi connectivity index (χ2n) is 5.03. The molecule has 7 heteroatoms. The summed E-state index contributed by atoms with van der Waals surface area (Å²) in [7, 11) is 0. The first-order valence-electron chi connectivity index (χ1n) is 6.98. The van der Waals surface area contributed by atoms with Crippen LogP contribution in [0.15, 0.2) is 53.4 Å². The molecule has 0 aliphatic carbocycles. The molecule has 2 heterocycles. The summed E-state index contributed by atoms with van der Waals surface area (Å²) in [6, 6.07) is 9.14. The van der Waals surface area contributed by atoms with E-state index >= 15 is 0 Å². The van der Waals surface area contributed by atoms with E-state index < -0.39 is 0 Å². The van der Waals surface area contributed by atoms with Gasteiger partial charge in [0.2, 0.25) is 5.95 Å². The molecular formula is C16H14BrN5O. The van der Waals surface area contributed by atoms with Crippen LogP contribution in [0.1, 0.15) is 21.6 Å². The summed E-state index contributed by atoms with van der Waals surface area (Å²) in [6.07, 6.45) is 5.25. The zero-order valence-electron chi connectivity index (χ0n) is 12.4. The third kappa shape index (κ3) is 4.01. The van der Waals surface area contributed by atoms with Crippen LogP contribution in [-0.2, 0) is 6.54 Å². The number of hydrogen-bond donors (Lipinski definition) is 1. The van der Waals surface area contributed by atoms with E-state index in [9.17, 15) is 4.79 Å². The van der Waals surface area contributed by atoms with Crippen molar-refractivity contribution in [2.45, 2.75) is 13.5 Å². The molecule has 0 saturated heterocycles. The fourth-order valence-corrected chi connectivity index (χ4v) is 2.38. The van der Waals surface area contributed by atoms with Gasteiger partial charge in [0, 0.05) is 23.7 Å². The van der Waals surface area contributed by atoms with Gasteiger partial charge in [-0.25, -0.2) is 9.97 Å². The molecule has 2 aromatic heterocycles. The first kappa shape index (κ1) is 15.4. The van der Waals surface area contributed by atoms with E-state index in [1.54, 1.807) is 30.6 Å². The lowest BCUT2D eigenvalue weighted by atomic mass is 10.1. The van der Waals surface area contributed by atoms with Crippen molar-refractivity contribution in [3.8, 4) is 0 Å². The molecule has 0 spiro atoms. The quantitative estimate of drug-likeness (QED) is 0.764. The molecule has 6 nitrogen and oxygen atoms in total. The monoisotopic (exact) mass is 371 g/mol. The average Bonchev–Trinajstić information content (AvgIpc) is 2.93. The van der Waals surface area contributed by atoms with Crippen molar-refractivity contribution in [2.24, 2.45) is 0 Å². The molecule has 3 rings (SSSR count). The number of nitrogens with one attached hydrogen (secondary N) is 1. The van der Waals surface area contributed by atoms with Gasteiger partial charge in [0.05, 0.1) is 17.2 Å². The summed E-state index contributed by atoms with van der Waals surface area (Å²) < 4.78 is 2.76. The number of rotatable bonds is 4. The number of carbonyl (C=O) groups is 1. The van der Waals surface area contributed by atoms with Crippen molar-refractivity contribution in [3.63, 3.8) is 0 Å². The lowest BCUT2D eigenvalue weighted by Gasteiger charge is -2.06. The van der Waals surface area contributed by atoms with Crippen LogP contribution in [-0.4, -0.2) is 25.7 Å². The van der Waals surface area contributed by atoms with Crippen molar-refractivity contribution in [1.82, 2.24) is 19.7 Å². The maximum Gasteiger partial charge on any atom is 0.258 e. The number of nitrogens with zero attached hydrogens (tertiary/aromatic N) is 4. The van der Waals surface area contributed by atoms with Gasteiger partial charge < -0.3 is 0 Å². The predicted octanol–water partition coefficient (Wildman–Crippen LogP) is 3.04. The minimum Gasteiger partial charge on any atom is -0.290 e. The van der Waals surface area contributed by atoms with Crippen LogP contribution < -0.4 is 5.32 Å². The fourth-order valence-electron chi connectivity index (χ4n) is 2.06. The van der Waals surface area contributed by atoms with E-state index in [4.69, 9.17) is 0 Å². The molecule has 0 fully saturated rings. The van der Waals surface area contributed by atoms with Crippen molar-refractivity contribution >= 4 is 27.8 Å². The topological polar surface area (TPSA) is 72.7 Å². The highest BCUT2D eigenvalue weighted by molar-refractivity contribution is 9.10. The van der Waals surface area contributed by atoms with Gasteiger partial charge in [-0.3, -0.25) is 14.8 Å². The number of aryl methyl sites for hydroxylation is 1. The standard InChI is InChI=1S/C16H14BrN5O/c1-11-6-7-18-16(20-11)21-15(23)13-4-2-12(3-5-13)9-22-10-14(17)8-19-22/h2-8,10H,9H2,1H3,(H,18,20,21,23). The van der Waals surface area contributed by atoms with E-state index in [1.165, 1.54) is 0 Å². The van der Waals surface area contributed by atoms with Crippen molar-refractivity contribution in [3.05, 3.63) is 70.2 Å². The van der Waals surface area contributed by atoms with Gasteiger partial charge in [-0.15, -0.1) is 0 Å². The van der Waals surface area contributed by atoms with E-state index in [1.807, 2.05) is 29.9 Å². The number of hydrogen-bond acceptors (Lipinski definition) is 4. The summed E-state index contributed by atoms with van der Waals surface area (Å²) in [5.74, 6) is 0.0736. The van der Waals surface area contributed by atoms with Gasteiger partial charge in [0.25, 0.3) is 5.91 Å². The van der Waals surface area contributed by atoms with Gasteiger partial charge in [-0.2, -0.15) is 5.10 Å². The third-order valence-corrected chi connectivity index (χ3v) is 3.59. The summed E-state index contributed by atoms with van der Waals surface area (Å²) in [5, 5.41) is 6.89. The molecular weight excluding hydrogens is 358 g/mol. The maximum absolute atomic E-state index is 12.2. The molecule has 3 aromatic rings. The molecule has 0 bridgehead atoms. The molecule has 0 aliphatic heterocycles. The summed E-state index contributed by atoms with van der Waals surface area (Å²) in [6.45, 7) is 2.49. The number of carbonyl (C=O) groups excluding carboxylic acids is 1. The molecule has 1 aromatic carbocycles. The van der Waals surface area contributed by atoms with Crippen molar-refractivity contribution < 1.29 is 4.79 Å². The SMILES string of the molecule is Cc1ccnc(NC(=O)c2ccc(Cn3cc(Br)cn3)cc2)n1. The Bertz CT molecular complexity index is 828. The number of amides is 1. The van der Waals surface area contributed by atoms with E-state index in [2.05, 4.69) is 36.3 Å². The molecule has 23 heavy (non-hydrogen) atoms. The summed E-state index contributed by atoms with van der Waals surface area (Å²) >= 11 is 3.36. The van der Waals surface area contributed by atoms with Crippen LogP contribution in [0.25, 0.3) is 0 Å². The predicted molar refractivity (Wildman–Crippen MR) is 90.2 cm³/mol. The molecule has 116 valence electrons. The van der Waals surface area contributed by atoms with E-state index in [0.717, 1.165) is 15.7 Å². The molecule has 0 aliphatic rings. The number of benzene rings is 1. The van der Waals surface area contributed by atoms with Crippen molar-refractivity contribution in [2.75, 3.05) is 5.32 Å². The van der Waals surface area contributed by atoms with Crippen LogP contribution in [0, 0.1) is 6.92 Å². The second-order valence-corrected chi connectivity index (χ2v) is 5.94. The second kappa shape index (κ2) is 6.70. The molecule has 0 saturated carbocycles. The minimum atomic E-state index is -0.232. The molecule has 0 unspecified atom stereocenters. The Morgan fingerprint density at radius 2 is 2.04 bits per heavy atom. The largest absolute Gasteiger partial charge is 0.290 e. The average molecular weight is 372 g/mol. The Labute approximate surface area is 141 Å². The van der Waals surface area contributed by atoms with Gasteiger partial charge in [-0.05, 0) is 46.6 Å².